The summed E-state index contributed by atoms with van der Waals surface area (Å²) >= 11 is 0.755. The number of anilines is 1. The lowest BCUT2D eigenvalue weighted by molar-refractivity contribution is -0.118. The molecule has 0 unspecified atom stereocenters. The Hall–Kier alpha value is -1.89. The van der Waals surface area contributed by atoms with E-state index >= 15 is 0 Å². The first-order valence-corrected chi connectivity index (χ1v) is 12.6. The van der Waals surface area contributed by atoms with E-state index in [2.05, 4.69) is 20.2 Å². The van der Waals surface area contributed by atoms with Gasteiger partial charge in [0.15, 0.2) is 9.84 Å². The molecule has 2 rings (SSSR count). The molecule has 0 spiro atoms. The lowest BCUT2D eigenvalue weighted by Gasteiger charge is -2.16. The van der Waals surface area contributed by atoms with E-state index in [1.807, 2.05) is 0 Å². The first-order valence-electron chi connectivity index (χ1n) is 8.40. The highest BCUT2D eigenvalue weighted by Gasteiger charge is 2.25. The molecule has 0 fully saturated rings. The summed E-state index contributed by atoms with van der Waals surface area (Å²) in [6.07, 6.45) is 1.54. The van der Waals surface area contributed by atoms with Gasteiger partial charge in [-0.15, -0.1) is 10.2 Å². The second-order valence-corrected chi connectivity index (χ2v) is 11.3. The van der Waals surface area contributed by atoms with Gasteiger partial charge in [-0.2, -0.15) is 0 Å². The SMILES string of the molecule is CC[C@H](NS(=O)(=O)c1nnc(NC(=O)C(C)C)s1)c1ccc(S(C)(=O)=O)cc1. The summed E-state index contributed by atoms with van der Waals surface area (Å²) < 4.78 is 50.6. The fraction of sp³-hybridized carbons (Fsp3) is 0.438. The van der Waals surface area contributed by atoms with Crippen molar-refractivity contribution in [1.29, 1.82) is 0 Å². The predicted molar refractivity (Wildman–Crippen MR) is 106 cm³/mol. The Morgan fingerprint density at radius 1 is 1.11 bits per heavy atom. The molecule has 1 amide bonds. The molecule has 12 heteroatoms. The van der Waals surface area contributed by atoms with Crippen molar-refractivity contribution in [2.24, 2.45) is 5.92 Å². The number of sulfone groups is 1. The Labute approximate surface area is 168 Å². The van der Waals surface area contributed by atoms with Crippen LogP contribution >= 0.6 is 11.3 Å². The van der Waals surface area contributed by atoms with E-state index in [0.717, 1.165) is 17.6 Å². The quantitative estimate of drug-likeness (QED) is 0.592. The van der Waals surface area contributed by atoms with Gasteiger partial charge in [-0.3, -0.25) is 4.79 Å². The van der Waals surface area contributed by atoms with Gasteiger partial charge in [0.05, 0.1) is 4.90 Å². The van der Waals surface area contributed by atoms with Crippen LogP contribution in [-0.2, 0) is 24.7 Å². The molecule has 2 N–H and O–H groups in total. The third-order valence-electron chi connectivity index (χ3n) is 3.81. The van der Waals surface area contributed by atoms with Crippen molar-refractivity contribution >= 4 is 42.2 Å². The molecule has 0 aliphatic carbocycles. The van der Waals surface area contributed by atoms with Gasteiger partial charge in [0.1, 0.15) is 0 Å². The smallest absolute Gasteiger partial charge is 0.270 e. The van der Waals surface area contributed by atoms with Crippen molar-refractivity contribution in [2.45, 2.75) is 42.5 Å². The van der Waals surface area contributed by atoms with Crippen molar-refractivity contribution in [2.75, 3.05) is 11.6 Å². The van der Waals surface area contributed by atoms with Crippen LogP contribution in [-0.4, -0.2) is 39.2 Å². The van der Waals surface area contributed by atoms with Crippen LogP contribution in [0.3, 0.4) is 0 Å². The normalized spacial score (nSPS) is 13.5. The summed E-state index contributed by atoms with van der Waals surface area (Å²) in [6.45, 7) is 5.21. The number of benzene rings is 1. The number of hydrogen-bond acceptors (Lipinski definition) is 8. The molecule has 9 nitrogen and oxygen atoms in total. The molecule has 1 atom stereocenters. The molecule has 1 aromatic heterocycles. The standard InChI is InChI=1S/C16H22N4O5S3/c1-5-13(11-6-8-12(9-7-11)27(4,22)23)20-28(24,25)16-19-18-15(26-16)17-14(21)10(2)3/h6-10,13,20H,5H2,1-4H3,(H,17,18,21)/t13-/m0/s1. The highest BCUT2D eigenvalue weighted by atomic mass is 32.2. The monoisotopic (exact) mass is 446 g/mol. The van der Waals surface area contributed by atoms with Crippen LogP contribution in [0.1, 0.15) is 38.8 Å². The molecule has 0 radical (unpaired) electrons. The maximum absolute atomic E-state index is 12.6. The van der Waals surface area contributed by atoms with Gasteiger partial charge in [-0.25, -0.2) is 21.6 Å². The Morgan fingerprint density at radius 3 is 2.21 bits per heavy atom. The summed E-state index contributed by atoms with van der Waals surface area (Å²) in [5, 5.41) is 9.96. The van der Waals surface area contributed by atoms with Gasteiger partial charge in [0, 0.05) is 18.2 Å². The largest absolute Gasteiger partial charge is 0.300 e. The van der Waals surface area contributed by atoms with Gasteiger partial charge in [0.25, 0.3) is 10.0 Å². The van der Waals surface area contributed by atoms with E-state index in [-0.39, 0.29) is 26.2 Å². The Balaban J connectivity index is 2.19. The first kappa shape index (κ1) is 22.4. The van der Waals surface area contributed by atoms with Gasteiger partial charge in [-0.1, -0.05) is 44.2 Å². The lowest BCUT2D eigenvalue weighted by Crippen LogP contribution is -2.28. The fourth-order valence-corrected chi connectivity index (χ4v) is 5.05. The van der Waals surface area contributed by atoms with E-state index in [9.17, 15) is 21.6 Å². The topological polar surface area (TPSA) is 135 Å². The summed E-state index contributed by atoms with van der Waals surface area (Å²) in [5.41, 5.74) is 0.622. The molecule has 2 aromatic rings. The molecule has 1 heterocycles. The van der Waals surface area contributed by atoms with Crippen molar-refractivity contribution in [1.82, 2.24) is 14.9 Å². The van der Waals surface area contributed by atoms with Crippen LogP contribution in [0.2, 0.25) is 0 Å². The van der Waals surface area contributed by atoms with Crippen LogP contribution in [0.5, 0.6) is 0 Å². The molecular formula is C16H22N4O5S3. The van der Waals surface area contributed by atoms with Gasteiger partial charge in [-0.05, 0) is 24.1 Å². The Bertz CT molecular complexity index is 1040. The number of aromatic nitrogens is 2. The fourth-order valence-electron chi connectivity index (χ4n) is 2.19. The number of carbonyl (C=O) groups excluding carboxylic acids is 1. The van der Waals surface area contributed by atoms with Crippen molar-refractivity contribution in [3.63, 3.8) is 0 Å². The summed E-state index contributed by atoms with van der Waals surface area (Å²) in [6, 6.07) is 5.44. The number of nitrogens with zero attached hydrogens (tertiary/aromatic N) is 2. The van der Waals surface area contributed by atoms with Crippen LogP contribution in [0, 0.1) is 5.92 Å². The predicted octanol–water partition coefficient (Wildman–Crippen LogP) is 1.97. The van der Waals surface area contributed by atoms with Gasteiger partial charge < -0.3 is 5.32 Å². The van der Waals surface area contributed by atoms with E-state index < -0.39 is 25.9 Å². The van der Waals surface area contributed by atoms with Gasteiger partial charge >= 0.3 is 0 Å². The highest BCUT2D eigenvalue weighted by Crippen LogP contribution is 2.25. The van der Waals surface area contributed by atoms with Crippen LogP contribution in [0.15, 0.2) is 33.5 Å². The molecule has 0 aliphatic heterocycles. The summed E-state index contributed by atoms with van der Waals surface area (Å²) in [4.78, 5) is 11.9. The van der Waals surface area contributed by atoms with E-state index in [1.165, 1.54) is 12.1 Å². The van der Waals surface area contributed by atoms with Gasteiger partial charge in [0.2, 0.25) is 15.4 Å². The van der Waals surface area contributed by atoms with E-state index in [1.54, 1.807) is 32.9 Å². The van der Waals surface area contributed by atoms with Crippen molar-refractivity contribution in [3.05, 3.63) is 29.8 Å². The highest BCUT2D eigenvalue weighted by molar-refractivity contribution is 7.91. The average Bonchev–Trinajstić information content (AvgIpc) is 3.08. The number of amides is 1. The maximum atomic E-state index is 12.6. The minimum absolute atomic E-state index is 0.102. The maximum Gasteiger partial charge on any atom is 0.270 e. The van der Waals surface area contributed by atoms with Crippen LogP contribution in [0.4, 0.5) is 5.13 Å². The molecule has 0 bridgehead atoms. The molecular weight excluding hydrogens is 424 g/mol. The lowest BCUT2D eigenvalue weighted by atomic mass is 10.1. The van der Waals surface area contributed by atoms with Crippen molar-refractivity contribution < 1.29 is 21.6 Å². The third kappa shape index (κ3) is 5.56. The Morgan fingerprint density at radius 2 is 1.71 bits per heavy atom. The zero-order chi connectivity index (χ0) is 21.1. The summed E-state index contributed by atoms with van der Waals surface area (Å²) in [5.74, 6) is -0.563. The average molecular weight is 447 g/mol. The van der Waals surface area contributed by atoms with Crippen LogP contribution in [0.25, 0.3) is 0 Å². The second-order valence-electron chi connectivity index (χ2n) is 6.44. The molecule has 0 saturated carbocycles. The number of hydrogen-bond donors (Lipinski definition) is 2. The molecule has 0 saturated heterocycles. The molecule has 28 heavy (non-hydrogen) atoms. The minimum atomic E-state index is -3.97. The third-order valence-corrected chi connectivity index (χ3v) is 7.61. The van der Waals surface area contributed by atoms with Crippen molar-refractivity contribution in [3.8, 4) is 0 Å². The zero-order valence-electron chi connectivity index (χ0n) is 15.8. The molecule has 1 aromatic carbocycles. The zero-order valence-corrected chi connectivity index (χ0v) is 18.3. The molecule has 0 aliphatic rings. The number of carbonyl (C=O) groups is 1. The first-order chi connectivity index (χ1) is 12.9. The second kappa shape index (κ2) is 8.64. The number of nitrogens with one attached hydrogen (secondary N) is 2. The Kier molecular flexibility index (Phi) is 6.91. The summed E-state index contributed by atoms with van der Waals surface area (Å²) in [7, 11) is -7.30. The minimum Gasteiger partial charge on any atom is -0.300 e. The van der Waals surface area contributed by atoms with Crippen LogP contribution < -0.4 is 10.0 Å². The molecule has 154 valence electrons. The number of rotatable bonds is 8. The number of sulfonamides is 1. The van der Waals surface area contributed by atoms with E-state index in [0.29, 0.717) is 12.0 Å². The van der Waals surface area contributed by atoms with E-state index in [4.69, 9.17) is 0 Å².